The molecule has 0 fully saturated rings. The number of rotatable bonds is 9. The quantitative estimate of drug-likeness (QED) is 0.146. The Hall–Kier alpha value is -14.3. The average molecular weight is 1410 g/mol. The number of H-pyrrole nitrogens is 1. The van der Waals surface area contributed by atoms with Gasteiger partial charge in [0.1, 0.15) is 0 Å². The van der Waals surface area contributed by atoms with Crippen LogP contribution in [0.15, 0.2) is 388 Å². The molecular weight excluding hydrogens is 1350 g/mol. The van der Waals surface area contributed by atoms with Gasteiger partial charge in [-0.25, -0.2) is 19.9 Å². The second kappa shape index (κ2) is 27.3. The van der Waals surface area contributed by atoms with Crippen LogP contribution in [-0.4, -0.2) is 38.6 Å². The van der Waals surface area contributed by atoms with Crippen molar-refractivity contribution in [3.8, 4) is 84.3 Å². The van der Waals surface area contributed by atoms with Gasteiger partial charge in [0.2, 0.25) is 11.2 Å². The first-order valence-electron chi connectivity index (χ1n) is 36.7. The smallest absolute Gasteiger partial charge is 0.235 e. The monoisotopic (exact) mass is 1410 g/mol. The van der Waals surface area contributed by atoms with Gasteiger partial charge in [0.15, 0.2) is 0 Å². The van der Waals surface area contributed by atoms with E-state index in [2.05, 4.69) is 362 Å². The molecular formula is C100H65ClN8. The summed E-state index contributed by atoms with van der Waals surface area (Å²) in [5.41, 5.74) is 26.9. The molecule has 9 heteroatoms. The summed E-state index contributed by atoms with van der Waals surface area (Å²) in [5.74, 6) is 0.657. The van der Waals surface area contributed by atoms with Crippen LogP contribution in [0.2, 0.25) is 5.28 Å². The van der Waals surface area contributed by atoms with Crippen LogP contribution >= 0.6 is 11.6 Å². The largest absolute Gasteiger partial charge is 0.355 e. The average Bonchev–Trinajstić information content (AvgIpc) is 1.60. The van der Waals surface area contributed by atoms with E-state index in [4.69, 9.17) is 21.6 Å². The molecule has 0 atom stereocenters. The minimum absolute atomic E-state index is 0.269. The molecule has 16 aromatic carbocycles. The highest BCUT2D eigenvalue weighted by Gasteiger charge is 2.21. The number of halogens is 1. The third-order valence-electron chi connectivity index (χ3n) is 21.1. The van der Waals surface area contributed by atoms with Crippen molar-refractivity contribution >= 4 is 121 Å². The molecule has 0 unspecified atom stereocenters. The summed E-state index contributed by atoms with van der Waals surface area (Å²) in [5, 5.41) is 12.2. The predicted molar refractivity (Wildman–Crippen MR) is 456 cm³/mol. The van der Waals surface area contributed by atoms with E-state index in [0.29, 0.717) is 5.95 Å². The second-order valence-corrected chi connectivity index (χ2v) is 27.8. The van der Waals surface area contributed by atoms with Gasteiger partial charge in [0.25, 0.3) is 0 Å². The maximum Gasteiger partial charge on any atom is 0.235 e. The molecule has 0 bridgehead atoms. The number of hydrogen-bond donors (Lipinski definition) is 1. The van der Waals surface area contributed by atoms with E-state index in [1.807, 2.05) is 54.6 Å². The summed E-state index contributed by atoms with van der Waals surface area (Å²) >= 11 is 6.08. The Bertz CT molecular complexity index is 7210. The van der Waals surface area contributed by atoms with Gasteiger partial charge in [-0.2, -0.15) is 0 Å². The molecule has 0 spiro atoms. The van der Waals surface area contributed by atoms with Crippen LogP contribution < -0.4 is 0 Å². The highest BCUT2D eigenvalue weighted by molar-refractivity contribution is 6.29. The Kier molecular flexibility index (Phi) is 16.1. The lowest BCUT2D eigenvalue weighted by Gasteiger charge is -2.12. The van der Waals surface area contributed by atoms with Gasteiger partial charge in [-0.15, -0.1) is 0 Å². The molecule has 0 aliphatic heterocycles. The van der Waals surface area contributed by atoms with E-state index in [-0.39, 0.29) is 5.28 Å². The van der Waals surface area contributed by atoms with Gasteiger partial charge in [-0.3, -0.25) is 4.57 Å². The Morgan fingerprint density at radius 3 is 0.991 bits per heavy atom. The number of hydrogen-bond acceptors (Lipinski definition) is 4. The Balaban J connectivity index is 0.000000119. The van der Waals surface area contributed by atoms with Crippen LogP contribution in [0.4, 0.5) is 0 Å². The molecule has 0 saturated heterocycles. The zero-order valence-corrected chi connectivity index (χ0v) is 59.7. The van der Waals surface area contributed by atoms with Gasteiger partial charge in [-0.05, 0) is 165 Å². The summed E-state index contributed by atoms with van der Waals surface area (Å²) in [6.45, 7) is 0. The molecule has 6 heterocycles. The second-order valence-electron chi connectivity index (χ2n) is 27.5. The normalized spacial score (nSPS) is 11.5. The number of nitrogens with one attached hydrogen (secondary N) is 1. The van der Waals surface area contributed by atoms with Crippen molar-refractivity contribution in [3.63, 3.8) is 0 Å². The van der Waals surface area contributed by atoms with Crippen molar-refractivity contribution in [3.05, 3.63) is 394 Å². The highest BCUT2D eigenvalue weighted by Crippen LogP contribution is 2.42. The number of fused-ring (bicyclic) bond motifs is 14. The third-order valence-corrected chi connectivity index (χ3v) is 21.3. The number of aromatic amines is 1. The fraction of sp³-hybridized carbons (Fsp3) is 0. The SMILES string of the molecule is Clc1nc(-c2ccc(-c3ccccc3)cc2)c2ccccc2n1.c1ccc(-c2ccc(-c3nc(-n4c5ccccc5c5cc(-c6ccc7c(c6)c6ccccc6n7-c6ccccc6)ccc54)nc4ccccc34)cc2)cc1.c1ccc(-n2c3ccccc3c3cc(-c4ccc5[nH]c6ccccc6c5c4)ccc32)cc1. The van der Waals surface area contributed by atoms with Crippen LogP contribution in [0.25, 0.3) is 193 Å². The Morgan fingerprint density at radius 2 is 0.514 bits per heavy atom. The molecule has 0 saturated carbocycles. The fourth-order valence-electron chi connectivity index (χ4n) is 16.0. The molecule has 0 radical (unpaired) electrons. The number of nitrogens with zero attached hydrogens (tertiary/aromatic N) is 7. The van der Waals surface area contributed by atoms with Crippen molar-refractivity contribution in [1.29, 1.82) is 0 Å². The predicted octanol–water partition coefficient (Wildman–Crippen LogP) is 26.5. The standard InChI is InChI=1S/C50H32N4.C30H20N2.C20H13ClN2/c1-3-13-33(14-4-1)34-23-25-35(26-24-34)49-41-19-7-10-20-44(41)51-50(52-49)54-46-22-12-9-18-40(46)43-32-37(28-30-48(43)54)36-27-29-47-42(31-36)39-17-8-11-21-45(39)53(47)38-15-5-2-6-16-38;1-2-8-22(9-3-1)32-29-13-7-5-11-24(29)26-19-21(15-17-30(26)32)20-14-16-28-25(18-20)23-10-4-6-12-27(23)31-28;21-20-22-18-9-5-4-8-17(18)19(23-20)16-12-10-15(11-13-16)14-6-2-1-3-7-14/h1-32H;1-19,31H;1-13H. The topological polar surface area (TPSA) is 82.1 Å². The van der Waals surface area contributed by atoms with Gasteiger partial charge in [0.05, 0.1) is 55.5 Å². The van der Waals surface area contributed by atoms with Crippen LogP contribution in [0.1, 0.15) is 0 Å². The van der Waals surface area contributed by atoms with E-state index in [1.54, 1.807) is 0 Å². The van der Waals surface area contributed by atoms with Crippen molar-refractivity contribution in [2.75, 3.05) is 0 Å². The van der Waals surface area contributed by atoms with Crippen molar-refractivity contribution in [1.82, 2.24) is 38.6 Å². The van der Waals surface area contributed by atoms with E-state index in [0.717, 1.165) is 61.0 Å². The van der Waals surface area contributed by atoms with Gasteiger partial charge in [0, 0.05) is 87.4 Å². The molecule has 0 aliphatic carbocycles. The number of para-hydroxylation sites is 8. The van der Waals surface area contributed by atoms with Crippen LogP contribution in [0.5, 0.6) is 0 Å². The van der Waals surface area contributed by atoms with E-state index >= 15 is 0 Å². The lowest BCUT2D eigenvalue weighted by Crippen LogP contribution is -2.03. The highest BCUT2D eigenvalue weighted by atomic mass is 35.5. The summed E-state index contributed by atoms with van der Waals surface area (Å²) in [4.78, 5) is 22.8. The molecule has 8 nitrogen and oxygen atoms in total. The number of aromatic nitrogens is 8. The summed E-state index contributed by atoms with van der Waals surface area (Å²) < 4.78 is 6.94. The number of benzene rings is 16. The van der Waals surface area contributed by atoms with Crippen LogP contribution in [0, 0.1) is 0 Å². The third kappa shape index (κ3) is 11.7. The zero-order chi connectivity index (χ0) is 72.3. The Morgan fingerprint density at radius 1 is 0.202 bits per heavy atom. The van der Waals surface area contributed by atoms with Crippen LogP contribution in [-0.2, 0) is 0 Å². The van der Waals surface area contributed by atoms with Gasteiger partial charge < -0.3 is 14.1 Å². The first kappa shape index (κ1) is 64.3. The van der Waals surface area contributed by atoms with Crippen molar-refractivity contribution < 1.29 is 0 Å². The summed E-state index contributed by atoms with van der Waals surface area (Å²) in [6, 6.07) is 137. The minimum atomic E-state index is 0.269. The lowest BCUT2D eigenvalue weighted by atomic mass is 10.0. The zero-order valence-electron chi connectivity index (χ0n) is 59.0. The fourth-order valence-corrected chi connectivity index (χ4v) is 16.1. The summed E-state index contributed by atoms with van der Waals surface area (Å²) in [6.07, 6.45) is 0. The van der Waals surface area contributed by atoms with Crippen molar-refractivity contribution in [2.24, 2.45) is 0 Å². The van der Waals surface area contributed by atoms with E-state index in [1.165, 1.54) is 126 Å². The van der Waals surface area contributed by atoms with Gasteiger partial charge >= 0.3 is 0 Å². The summed E-state index contributed by atoms with van der Waals surface area (Å²) in [7, 11) is 0. The maximum atomic E-state index is 6.08. The molecule has 512 valence electrons. The first-order chi connectivity index (χ1) is 54.0. The first-order valence-corrected chi connectivity index (χ1v) is 37.1. The van der Waals surface area contributed by atoms with E-state index < -0.39 is 0 Å². The molecule has 109 heavy (non-hydrogen) atoms. The maximum absolute atomic E-state index is 6.08. The molecule has 0 aliphatic rings. The molecule has 6 aromatic heterocycles. The lowest BCUT2D eigenvalue weighted by molar-refractivity contribution is 1.01. The molecule has 22 rings (SSSR count). The van der Waals surface area contributed by atoms with E-state index in [9.17, 15) is 0 Å². The van der Waals surface area contributed by atoms with Crippen molar-refractivity contribution in [2.45, 2.75) is 0 Å². The molecule has 1 N–H and O–H groups in total. The van der Waals surface area contributed by atoms with Gasteiger partial charge in [-0.1, -0.05) is 279 Å². The minimum Gasteiger partial charge on any atom is -0.355 e. The molecule has 22 aromatic rings. The van der Waals surface area contributed by atoms with Crippen LogP contribution in [0.3, 0.4) is 0 Å². The Labute approximate surface area is 633 Å². The molecule has 0 amide bonds.